The Morgan fingerprint density at radius 2 is 1.57 bits per heavy atom. The van der Waals surface area contributed by atoms with E-state index in [1.54, 1.807) is 12.4 Å². The molecule has 0 atom stereocenters. The molecule has 3 aromatic rings. The summed E-state index contributed by atoms with van der Waals surface area (Å²) in [5.41, 5.74) is 3.83. The summed E-state index contributed by atoms with van der Waals surface area (Å²) in [4.78, 5) is 9.05. The van der Waals surface area contributed by atoms with Crippen LogP contribution < -0.4 is 0 Å². The highest BCUT2D eigenvalue weighted by atomic mass is 32.1. The van der Waals surface area contributed by atoms with Gasteiger partial charge in [-0.15, -0.1) is 0 Å². The fourth-order valence-electron chi connectivity index (χ4n) is 3.88. The van der Waals surface area contributed by atoms with Gasteiger partial charge in [0.15, 0.2) is 10.6 Å². The zero-order valence-corrected chi connectivity index (χ0v) is 18.8. The third kappa shape index (κ3) is 4.69. The van der Waals surface area contributed by atoms with Gasteiger partial charge in [0.05, 0.1) is 6.67 Å². The number of pyridine rings is 1. The number of rotatable bonds is 6. The molecule has 1 saturated heterocycles. The van der Waals surface area contributed by atoms with Crippen LogP contribution in [0.2, 0.25) is 0 Å². The molecule has 0 spiro atoms. The minimum atomic E-state index is 0.583. The number of piperazine rings is 1. The lowest BCUT2D eigenvalue weighted by Gasteiger charge is -2.34. The first-order chi connectivity index (χ1) is 14.5. The van der Waals surface area contributed by atoms with Crippen LogP contribution in [0.1, 0.15) is 30.9 Å². The van der Waals surface area contributed by atoms with Crippen molar-refractivity contribution in [3.05, 3.63) is 64.7 Å². The van der Waals surface area contributed by atoms with Crippen molar-refractivity contribution in [1.82, 2.24) is 29.1 Å². The van der Waals surface area contributed by atoms with Crippen LogP contribution in [-0.2, 0) is 20.3 Å². The zero-order valence-electron chi connectivity index (χ0n) is 18.0. The van der Waals surface area contributed by atoms with Gasteiger partial charge in [-0.2, -0.15) is 5.10 Å². The van der Waals surface area contributed by atoms with Crippen LogP contribution in [0.3, 0.4) is 0 Å². The van der Waals surface area contributed by atoms with E-state index >= 15 is 0 Å². The van der Waals surface area contributed by atoms with E-state index in [1.165, 1.54) is 11.1 Å². The van der Waals surface area contributed by atoms with Gasteiger partial charge in [0, 0.05) is 57.7 Å². The maximum atomic E-state index is 5.63. The molecule has 0 radical (unpaired) electrons. The Kier molecular flexibility index (Phi) is 6.41. The van der Waals surface area contributed by atoms with Crippen LogP contribution in [0.4, 0.5) is 0 Å². The number of hydrogen-bond acceptors (Lipinski definition) is 5. The van der Waals surface area contributed by atoms with Gasteiger partial charge in [-0.05, 0) is 41.4 Å². The Morgan fingerprint density at radius 3 is 2.20 bits per heavy atom. The highest BCUT2D eigenvalue weighted by Crippen LogP contribution is 2.18. The van der Waals surface area contributed by atoms with Crippen LogP contribution in [0.15, 0.2) is 48.8 Å². The summed E-state index contributed by atoms with van der Waals surface area (Å²) in [6, 6.07) is 13.0. The molecule has 1 aromatic carbocycles. The molecule has 0 aliphatic carbocycles. The lowest BCUT2D eigenvalue weighted by atomic mass is 10.0. The smallest absolute Gasteiger partial charge is 0.199 e. The maximum Gasteiger partial charge on any atom is 0.199 e. The first kappa shape index (κ1) is 20.9. The molecule has 1 aliphatic rings. The molecule has 7 heteroatoms. The molecule has 30 heavy (non-hydrogen) atoms. The van der Waals surface area contributed by atoms with Crippen LogP contribution in [0, 0.1) is 4.77 Å². The van der Waals surface area contributed by atoms with Gasteiger partial charge < -0.3 is 4.57 Å². The van der Waals surface area contributed by atoms with Gasteiger partial charge in [-0.1, -0.05) is 38.1 Å². The average Bonchev–Trinajstić information content (AvgIpc) is 3.04. The van der Waals surface area contributed by atoms with Gasteiger partial charge in [0.2, 0.25) is 0 Å². The normalized spacial score (nSPS) is 15.7. The highest BCUT2D eigenvalue weighted by Gasteiger charge is 2.19. The Labute approximate surface area is 183 Å². The molecule has 0 N–H and O–H groups in total. The lowest BCUT2D eigenvalue weighted by Crippen LogP contribution is -2.46. The first-order valence-electron chi connectivity index (χ1n) is 10.6. The van der Waals surface area contributed by atoms with Crippen molar-refractivity contribution < 1.29 is 0 Å². The Bertz CT molecular complexity index is 1010. The summed E-state index contributed by atoms with van der Waals surface area (Å²) < 4.78 is 4.65. The zero-order chi connectivity index (χ0) is 21.1. The minimum Gasteiger partial charge on any atom is -0.303 e. The van der Waals surface area contributed by atoms with Crippen molar-refractivity contribution in [3.63, 3.8) is 0 Å². The summed E-state index contributed by atoms with van der Waals surface area (Å²) in [6.07, 6.45) is 3.57. The topological polar surface area (TPSA) is 42.1 Å². The Balaban J connectivity index is 1.34. The predicted molar refractivity (Wildman–Crippen MR) is 123 cm³/mol. The standard InChI is InChI=1S/C23H30N6S/c1-18(2)20-6-4-19(5-7-20)16-27-12-14-28(15-13-27)17-29-23(30)26(3)22(25-29)21-8-10-24-11-9-21/h4-11,18H,12-17H2,1-3H3. The van der Waals surface area contributed by atoms with Crippen molar-refractivity contribution in [2.24, 2.45) is 7.05 Å². The van der Waals surface area contributed by atoms with Gasteiger partial charge in [0.1, 0.15) is 0 Å². The predicted octanol–water partition coefficient (Wildman–Crippen LogP) is 3.91. The molecular weight excluding hydrogens is 392 g/mol. The van der Waals surface area contributed by atoms with Gasteiger partial charge in [-0.25, -0.2) is 4.68 Å². The SMILES string of the molecule is CC(C)c1ccc(CN2CCN(Cn3nc(-c4ccncc4)n(C)c3=S)CC2)cc1. The van der Waals surface area contributed by atoms with E-state index in [-0.39, 0.29) is 0 Å². The Hall–Kier alpha value is -2.35. The average molecular weight is 423 g/mol. The molecule has 158 valence electrons. The Morgan fingerprint density at radius 1 is 0.933 bits per heavy atom. The van der Waals surface area contributed by atoms with Crippen molar-refractivity contribution in [2.45, 2.75) is 33.0 Å². The van der Waals surface area contributed by atoms with Crippen LogP contribution in [0.5, 0.6) is 0 Å². The molecular formula is C23H30N6S. The molecule has 1 fully saturated rings. The van der Waals surface area contributed by atoms with Crippen molar-refractivity contribution in [2.75, 3.05) is 26.2 Å². The second kappa shape index (κ2) is 9.20. The fourth-order valence-corrected chi connectivity index (χ4v) is 4.06. The van der Waals surface area contributed by atoms with Crippen LogP contribution in [0.25, 0.3) is 11.4 Å². The number of hydrogen-bond donors (Lipinski definition) is 0. The third-order valence-electron chi connectivity index (χ3n) is 5.83. The number of nitrogens with zero attached hydrogens (tertiary/aromatic N) is 6. The molecule has 2 aromatic heterocycles. The van der Waals surface area contributed by atoms with Crippen LogP contribution in [-0.4, -0.2) is 55.3 Å². The van der Waals surface area contributed by atoms with E-state index in [2.05, 4.69) is 52.9 Å². The second-order valence-electron chi connectivity index (χ2n) is 8.33. The van der Waals surface area contributed by atoms with Gasteiger partial charge in [0.25, 0.3) is 0 Å². The van der Waals surface area contributed by atoms with Crippen molar-refractivity contribution in [1.29, 1.82) is 0 Å². The summed E-state index contributed by atoms with van der Waals surface area (Å²) in [5.74, 6) is 1.46. The summed E-state index contributed by atoms with van der Waals surface area (Å²) >= 11 is 5.63. The van der Waals surface area contributed by atoms with E-state index in [0.29, 0.717) is 5.92 Å². The lowest BCUT2D eigenvalue weighted by molar-refractivity contribution is 0.0981. The molecule has 4 rings (SSSR count). The minimum absolute atomic E-state index is 0.583. The highest BCUT2D eigenvalue weighted by molar-refractivity contribution is 7.71. The van der Waals surface area contributed by atoms with Gasteiger partial charge in [-0.3, -0.25) is 14.8 Å². The summed E-state index contributed by atoms with van der Waals surface area (Å²) in [5, 5.41) is 4.78. The fraction of sp³-hybridized carbons (Fsp3) is 0.435. The molecule has 6 nitrogen and oxygen atoms in total. The molecule has 0 bridgehead atoms. The summed E-state index contributed by atoms with van der Waals surface area (Å²) in [6.45, 7) is 10.4. The second-order valence-corrected chi connectivity index (χ2v) is 8.70. The molecule has 3 heterocycles. The van der Waals surface area contributed by atoms with E-state index in [4.69, 9.17) is 17.3 Å². The summed E-state index contributed by atoms with van der Waals surface area (Å²) in [7, 11) is 1.98. The first-order valence-corrected chi connectivity index (χ1v) is 11.0. The number of benzene rings is 1. The molecule has 0 amide bonds. The van der Waals surface area contributed by atoms with E-state index in [0.717, 1.165) is 55.6 Å². The van der Waals surface area contributed by atoms with E-state index in [9.17, 15) is 0 Å². The van der Waals surface area contributed by atoms with Gasteiger partial charge >= 0.3 is 0 Å². The molecule has 0 saturated carbocycles. The largest absolute Gasteiger partial charge is 0.303 e. The quantitative estimate of drug-likeness (QED) is 0.564. The molecule has 1 aliphatic heterocycles. The molecule has 0 unspecified atom stereocenters. The van der Waals surface area contributed by atoms with Crippen molar-refractivity contribution in [3.8, 4) is 11.4 Å². The van der Waals surface area contributed by atoms with Crippen LogP contribution >= 0.6 is 12.2 Å². The maximum absolute atomic E-state index is 5.63. The number of aromatic nitrogens is 4. The third-order valence-corrected chi connectivity index (χ3v) is 6.32. The monoisotopic (exact) mass is 422 g/mol. The van der Waals surface area contributed by atoms with E-state index in [1.807, 2.05) is 28.4 Å². The van der Waals surface area contributed by atoms with E-state index < -0.39 is 0 Å². The van der Waals surface area contributed by atoms with Crippen molar-refractivity contribution >= 4 is 12.2 Å².